The van der Waals surface area contributed by atoms with Gasteiger partial charge in [-0.3, -0.25) is 4.79 Å². The largest absolute Gasteiger partial charge is 0.378 e. The first-order valence-electron chi connectivity index (χ1n) is 7.79. The molecule has 1 amide bonds. The molecule has 116 valence electrons. The summed E-state index contributed by atoms with van der Waals surface area (Å²) in [7, 11) is 5.91. The normalized spacial score (nSPS) is 21.9. The number of carbonyl (C=O) groups is 1. The van der Waals surface area contributed by atoms with Crippen LogP contribution < -0.4 is 10.6 Å². The zero-order valence-corrected chi connectivity index (χ0v) is 13.4. The Kier molecular flexibility index (Phi) is 5.23. The van der Waals surface area contributed by atoms with E-state index in [0.29, 0.717) is 12.5 Å². The lowest BCUT2D eigenvalue weighted by molar-refractivity contribution is 0.0620. The Labute approximate surface area is 127 Å². The van der Waals surface area contributed by atoms with Gasteiger partial charge in [-0.15, -0.1) is 0 Å². The molecule has 4 nitrogen and oxygen atoms in total. The number of hydrogen-bond acceptors (Lipinski definition) is 3. The highest BCUT2D eigenvalue weighted by molar-refractivity contribution is 5.94. The van der Waals surface area contributed by atoms with E-state index in [1.54, 1.807) is 0 Å². The van der Waals surface area contributed by atoms with Crippen molar-refractivity contribution < 1.29 is 4.79 Å². The van der Waals surface area contributed by atoms with E-state index in [4.69, 9.17) is 5.73 Å². The highest BCUT2D eigenvalue weighted by Crippen LogP contribution is 2.28. The predicted octanol–water partition coefficient (Wildman–Crippen LogP) is 2.34. The first-order valence-corrected chi connectivity index (χ1v) is 7.79. The van der Waals surface area contributed by atoms with E-state index in [1.807, 2.05) is 55.2 Å². The first-order chi connectivity index (χ1) is 10.0. The second kappa shape index (κ2) is 6.94. The van der Waals surface area contributed by atoms with Gasteiger partial charge in [0.25, 0.3) is 5.91 Å². The zero-order chi connectivity index (χ0) is 15.4. The number of anilines is 1. The third kappa shape index (κ3) is 3.56. The summed E-state index contributed by atoms with van der Waals surface area (Å²) in [4.78, 5) is 16.6. The molecule has 1 aromatic carbocycles. The lowest BCUT2D eigenvalue weighted by atomic mass is 9.83. The Morgan fingerprint density at radius 1 is 1.14 bits per heavy atom. The van der Waals surface area contributed by atoms with Crippen molar-refractivity contribution in [1.82, 2.24) is 4.90 Å². The van der Waals surface area contributed by atoms with Crippen molar-refractivity contribution in [3.63, 3.8) is 0 Å². The molecule has 4 heteroatoms. The molecule has 1 aliphatic rings. The van der Waals surface area contributed by atoms with Gasteiger partial charge in [-0.1, -0.05) is 12.8 Å². The number of benzene rings is 1. The molecule has 0 radical (unpaired) electrons. The molecule has 0 spiro atoms. The Morgan fingerprint density at radius 3 is 2.33 bits per heavy atom. The molecule has 0 aliphatic heterocycles. The maximum atomic E-state index is 12.7. The SMILES string of the molecule is CN(C)c1ccc(C(=O)N(C)C2CCCCC2CN)cc1. The van der Waals surface area contributed by atoms with Gasteiger partial charge in [-0.25, -0.2) is 0 Å². The van der Waals surface area contributed by atoms with Crippen molar-refractivity contribution in [2.45, 2.75) is 31.7 Å². The van der Waals surface area contributed by atoms with Crippen LogP contribution in [0.15, 0.2) is 24.3 Å². The van der Waals surface area contributed by atoms with E-state index in [9.17, 15) is 4.79 Å². The summed E-state index contributed by atoms with van der Waals surface area (Å²) < 4.78 is 0. The van der Waals surface area contributed by atoms with E-state index in [0.717, 1.165) is 24.1 Å². The second-order valence-corrected chi connectivity index (χ2v) is 6.20. The van der Waals surface area contributed by atoms with E-state index in [2.05, 4.69) is 0 Å². The number of amides is 1. The number of nitrogens with two attached hydrogens (primary N) is 1. The fourth-order valence-corrected chi connectivity index (χ4v) is 3.23. The second-order valence-electron chi connectivity index (χ2n) is 6.20. The van der Waals surface area contributed by atoms with Crippen LogP contribution in [-0.4, -0.2) is 44.5 Å². The fourth-order valence-electron chi connectivity index (χ4n) is 3.23. The summed E-state index contributed by atoms with van der Waals surface area (Å²) in [5.74, 6) is 0.541. The monoisotopic (exact) mass is 289 g/mol. The molecule has 0 heterocycles. The van der Waals surface area contributed by atoms with Crippen LogP contribution in [0.1, 0.15) is 36.0 Å². The van der Waals surface area contributed by atoms with Gasteiger partial charge in [-0.05, 0) is 49.6 Å². The highest BCUT2D eigenvalue weighted by Gasteiger charge is 2.30. The average molecular weight is 289 g/mol. The molecule has 1 aromatic rings. The van der Waals surface area contributed by atoms with Crippen molar-refractivity contribution in [2.24, 2.45) is 11.7 Å². The number of carbonyl (C=O) groups excluding carboxylic acids is 1. The maximum absolute atomic E-state index is 12.7. The molecule has 0 aromatic heterocycles. The molecule has 2 N–H and O–H groups in total. The van der Waals surface area contributed by atoms with Gasteiger partial charge in [0.05, 0.1) is 0 Å². The van der Waals surface area contributed by atoms with Crippen molar-refractivity contribution in [2.75, 3.05) is 32.6 Å². The molecule has 1 aliphatic carbocycles. The Balaban J connectivity index is 2.10. The minimum atomic E-state index is 0.102. The van der Waals surface area contributed by atoms with Crippen molar-refractivity contribution in [3.8, 4) is 0 Å². The summed E-state index contributed by atoms with van der Waals surface area (Å²) in [5, 5.41) is 0. The summed E-state index contributed by atoms with van der Waals surface area (Å²) in [6.07, 6.45) is 4.63. The molecule has 21 heavy (non-hydrogen) atoms. The van der Waals surface area contributed by atoms with Gasteiger partial charge in [-0.2, -0.15) is 0 Å². The molecule has 2 rings (SSSR count). The zero-order valence-electron chi connectivity index (χ0n) is 13.4. The molecular weight excluding hydrogens is 262 g/mol. The van der Waals surface area contributed by atoms with Crippen LogP contribution in [0.5, 0.6) is 0 Å². The van der Waals surface area contributed by atoms with E-state index in [1.165, 1.54) is 12.8 Å². The lowest BCUT2D eigenvalue weighted by Crippen LogP contribution is -2.45. The molecule has 2 unspecified atom stereocenters. The van der Waals surface area contributed by atoms with Gasteiger partial charge in [0.2, 0.25) is 0 Å². The fraction of sp³-hybridized carbons (Fsp3) is 0.588. The third-order valence-corrected chi connectivity index (χ3v) is 4.62. The van der Waals surface area contributed by atoms with Crippen LogP contribution in [0.25, 0.3) is 0 Å². The van der Waals surface area contributed by atoms with E-state index < -0.39 is 0 Å². The summed E-state index contributed by atoms with van der Waals surface area (Å²) >= 11 is 0. The summed E-state index contributed by atoms with van der Waals surface area (Å²) in [6.45, 7) is 0.669. The lowest BCUT2D eigenvalue weighted by Gasteiger charge is -2.37. The van der Waals surface area contributed by atoms with E-state index in [-0.39, 0.29) is 11.9 Å². The topological polar surface area (TPSA) is 49.6 Å². The van der Waals surface area contributed by atoms with Gasteiger partial charge >= 0.3 is 0 Å². The van der Waals surface area contributed by atoms with Crippen molar-refractivity contribution >= 4 is 11.6 Å². The minimum absolute atomic E-state index is 0.102. The quantitative estimate of drug-likeness (QED) is 0.925. The summed E-state index contributed by atoms with van der Waals surface area (Å²) in [5.41, 5.74) is 7.74. The maximum Gasteiger partial charge on any atom is 0.253 e. The standard InChI is InChI=1S/C17H27N3O/c1-19(2)15-10-8-13(9-11-15)17(21)20(3)16-7-5-4-6-14(16)12-18/h8-11,14,16H,4-7,12,18H2,1-3H3. The van der Waals surface area contributed by atoms with Crippen LogP contribution in [0, 0.1) is 5.92 Å². The van der Waals surface area contributed by atoms with E-state index >= 15 is 0 Å². The van der Waals surface area contributed by atoms with Crippen LogP contribution in [0.3, 0.4) is 0 Å². The minimum Gasteiger partial charge on any atom is -0.378 e. The first kappa shape index (κ1) is 15.8. The molecule has 1 fully saturated rings. The van der Waals surface area contributed by atoms with Crippen molar-refractivity contribution in [1.29, 1.82) is 0 Å². The Morgan fingerprint density at radius 2 is 1.76 bits per heavy atom. The molecule has 2 atom stereocenters. The van der Waals surface area contributed by atoms with Gasteiger partial charge in [0, 0.05) is 38.4 Å². The molecule has 0 saturated heterocycles. The molecule has 0 bridgehead atoms. The smallest absolute Gasteiger partial charge is 0.253 e. The predicted molar refractivity (Wildman–Crippen MR) is 87.7 cm³/mol. The highest BCUT2D eigenvalue weighted by atomic mass is 16.2. The average Bonchev–Trinajstić information content (AvgIpc) is 2.53. The Hall–Kier alpha value is -1.55. The van der Waals surface area contributed by atoms with Gasteiger partial charge < -0.3 is 15.5 Å². The van der Waals surface area contributed by atoms with Gasteiger partial charge in [0.1, 0.15) is 0 Å². The van der Waals surface area contributed by atoms with Crippen LogP contribution in [0.2, 0.25) is 0 Å². The van der Waals surface area contributed by atoms with Crippen molar-refractivity contribution in [3.05, 3.63) is 29.8 Å². The van der Waals surface area contributed by atoms with Gasteiger partial charge in [0.15, 0.2) is 0 Å². The number of nitrogens with zero attached hydrogens (tertiary/aromatic N) is 2. The van der Waals surface area contributed by atoms with Crippen LogP contribution in [0.4, 0.5) is 5.69 Å². The van der Waals surface area contributed by atoms with Crippen LogP contribution >= 0.6 is 0 Å². The molecule has 1 saturated carbocycles. The summed E-state index contributed by atoms with van der Waals surface area (Å²) in [6, 6.07) is 8.08. The Bertz CT molecular complexity index is 469. The number of rotatable bonds is 4. The third-order valence-electron chi connectivity index (χ3n) is 4.62. The molecular formula is C17H27N3O. The van der Waals surface area contributed by atoms with Crippen LogP contribution in [-0.2, 0) is 0 Å². The number of hydrogen-bond donors (Lipinski definition) is 1.